The topological polar surface area (TPSA) is 98.1 Å². The molecule has 1 heterocycles. The second-order valence-electron chi connectivity index (χ2n) is 5.74. The molecule has 0 atom stereocenters. The zero-order valence-electron chi connectivity index (χ0n) is 14.6. The predicted molar refractivity (Wildman–Crippen MR) is 116 cm³/mol. The van der Waals surface area contributed by atoms with Gasteiger partial charge >= 0.3 is 0 Å². The Balaban J connectivity index is 1.58. The van der Waals surface area contributed by atoms with Crippen LogP contribution in [-0.2, 0) is 6.42 Å². The van der Waals surface area contributed by atoms with Gasteiger partial charge in [-0.25, -0.2) is 4.98 Å². The minimum absolute atomic E-state index is 0.0216. The summed E-state index contributed by atoms with van der Waals surface area (Å²) in [5.74, 6) is 1.13. The summed E-state index contributed by atoms with van der Waals surface area (Å²) < 4.78 is 6.17. The summed E-state index contributed by atoms with van der Waals surface area (Å²) in [7, 11) is 0. The second-order valence-corrected chi connectivity index (χ2v) is 7.90. The van der Waals surface area contributed by atoms with Crippen LogP contribution in [0.1, 0.15) is 11.3 Å². The maximum Gasteiger partial charge on any atom is 0.269 e. The van der Waals surface area contributed by atoms with E-state index in [4.69, 9.17) is 4.74 Å². The van der Waals surface area contributed by atoms with Crippen molar-refractivity contribution in [3.05, 3.63) is 89.9 Å². The van der Waals surface area contributed by atoms with Crippen LogP contribution in [0.5, 0.6) is 5.75 Å². The predicted octanol–water partition coefficient (Wildman–Crippen LogP) is 4.04. The van der Waals surface area contributed by atoms with Crippen LogP contribution < -0.4 is 10.3 Å². The first kappa shape index (κ1) is 20.3. The number of non-ortho nitro benzene ring substituents is 1. The van der Waals surface area contributed by atoms with E-state index in [0.717, 1.165) is 11.3 Å². The van der Waals surface area contributed by atoms with Crippen molar-refractivity contribution in [3.8, 4) is 5.75 Å². The second kappa shape index (κ2) is 9.69. The van der Waals surface area contributed by atoms with Crippen molar-refractivity contribution >= 4 is 40.0 Å². The minimum atomic E-state index is -0.453. The maximum atomic E-state index is 12.2. The summed E-state index contributed by atoms with van der Waals surface area (Å²) >= 11 is 3.41. The van der Waals surface area contributed by atoms with E-state index in [9.17, 15) is 14.9 Å². The summed E-state index contributed by atoms with van der Waals surface area (Å²) in [6, 6.07) is 15.8. The lowest BCUT2D eigenvalue weighted by Gasteiger charge is -2.08. The average Bonchev–Trinajstić information content (AvgIpc) is 2.70. The van der Waals surface area contributed by atoms with Gasteiger partial charge in [0.15, 0.2) is 5.16 Å². The van der Waals surface area contributed by atoms with E-state index in [0.29, 0.717) is 33.3 Å². The third kappa shape index (κ3) is 5.55. The molecule has 0 saturated heterocycles. The molecular weight excluding hydrogens is 493 g/mol. The fourth-order valence-corrected chi connectivity index (χ4v) is 3.57. The molecule has 144 valence electrons. The van der Waals surface area contributed by atoms with Gasteiger partial charge in [-0.3, -0.25) is 14.9 Å². The zero-order valence-corrected chi connectivity index (χ0v) is 17.6. The fourth-order valence-electron chi connectivity index (χ4n) is 2.42. The number of nitro benzene ring substituents is 1. The highest BCUT2D eigenvalue weighted by molar-refractivity contribution is 14.1. The molecule has 1 aromatic heterocycles. The lowest BCUT2D eigenvalue weighted by atomic mass is 10.1. The van der Waals surface area contributed by atoms with Crippen molar-refractivity contribution in [1.29, 1.82) is 0 Å². The number of thioether (sulfide) groups is 1. The summed E-state index contributed by atoms with van der Waals surface area (Å²) in [4.78, 5) is 29.7. The molecule has 3 aromatic rings. The molecule has 0 aliphatic heterocycles. The molecule has 3 rings (SSSR count). The van der Waals surface area contributed by atoms with Crippen LogP contribution in [0.15, 0.2) is 64.5 Å². The number of ether oxygens (including phenoxy) is 1. The summed E-state index contributed by atoms with van der Waals surface area (Å²) in [6.07, 6.45) is 0.593. The van der Waals surface area contributed by atoms with Gasteiger partial charge in [-0.2, -0.15) is 0 Å². The molecule has 7 nitrogen and oxygen atoms in total. The minimum Gasteiger partial charge on any atom is -0.493 e. The smallest absolute Gasteiger partial charge is 0.269 e. The number of aromatic amines is 1. The monoisotopic (exact) mass is 509 g/mol. The normalized spacial score (nSPS) is 10.6. The van der Waals surface area contributed by atoms with Crippen molar-refractivity contribution in [2.45, 2.75) is 11.6 Å². The number of rotatable bonds is 8. The summed E-state index contributed by atoms with van der Waals surface area (Å²) in [6.45, 7) is 0.381. The Morgan fingerprint density at radius 2 is 1.86 bits per heavy atom. The van der Waals surface area contributed by atoms with Crippen LogP contribution in [0.25, 0.3) is 0 Å². The highest BCUT2D eigenvalue weighted by atomic mass is 127. The van der Waals surface area contributed by atoms with Crippen molar-refractivity contribution < 1.29 is 9.66 Å². The maximum absolute atomic E-state index is 12.2. The third-order valence-corrected chi connectivity index (χ3v) is 5.71. The average molecular weight is 509 g/mol. The van der Waals surface area contributed by atoms with Gasteiger partial charge in [0, 0.05) is 24.3 Å². The number of H-pyrrole nitrogens is 1. The first-order chi connectivity index (χ1) is 13.5. The SMILES string of the molecule is O=c1[nH]c(SCCOc2ccc([N+](=O)[O-])cc2)nc(Cc2ccccc2)c1I. The largest absolute Gasteiger partial charge is 0.493 e. The van der Waals surface area contributed by atoms with Crippen molar-refractivity contribution in [2.24, 2.45) is 0 Å². The fraction of sp³-hybridized carbons (Fsp3) is 0.158. The van der Waals surface area contributed by atoms with Gasteiger partial charge in [0.25, 0.3) is 11.2 Å². The highest BCUT2D eigenvalue weighted by Crippen LogP contribution is 2.19. The Labute approximate surface area is 178 Å². The number of nitrogens with zero attached hydrogens (tertiary/aromatic N) is 2. The molecule has 0 bridgehead atoms. The molecule has 0 radical (unpaired) electrons. The zero-order chi connectivity index (χ0) is 19.9. The quantitative estimate of drug-likeness (QED) is 0.123. The first-order valence-electron chi connectivity index (χ1n) is 8.35. The standard InChI is InChI=1S/C19H16IN3O4S/c20-17-16(12-13-4-2-1-3-5-13)21-19(22-18(17)24)28-11-10-27-15-8-6-14(7-9-15)23(25)26/h1-9H,10-12H2,(H,21,22,24). The molecule has 1 N–H and O–H groups in total. The lowest BCUT2D eigenvalue weighted by molar-refractivity contribution is -0.384. The summed E-state index contributed by atoms with van der Waals surface area (Å²) in [5.41, 5.74) is 1.71. The molecule has 28 heavy (non-hydrogen) atoms. The summed E-state index contributed by atoms with van der Waals surface area (Å²) in [5, 5.41) is 11.2. The van der Waals surface area contributed by atoms with Crippen molar-refractivity contribution in [1.82, 2.24) is 9.97 Å². The molecule has 0 aliphatic rings. The molecule has 0 aliphatic carbocycles. The van der Waals surface area contributed by atoms with Crippen LogP contribution in [0.4, 0.5) is 5.69 Å². The van der Waals surface area contributed by atoms with Gasteiger partial charge in [0.2, 0.25) is 0 Å². The van der Waals surface area contributed by atoms with E-state index in [1.54, 1.807) is 12.1 Å². The number of benzene rings is 2. The van der Waals surface area contributed by atoms with E-state index in [-0.39, 0.29) is 11.2 Å². The van der Waals surface area contributed by atoms with Crippen molar-refractivity contribution in [2.75, 3.05) is 12.4 Å². The van der Waals surface area contributed by atoms with Gasteiger partial charge in [-0.05, 0) is 40.3 Å². The third-order valence-electron chi connectivity index (χ3n) is 3.76. The van der Waals surface area contributed by atoms with Crippen LogP contribution >= 0.6 is 34.4 Å². The highest BCUT2D eigenvalue weighted by Gasteiger charge is 2.10. The number of nitro groups is 1. The Hall–Kier alpha value is -2.40. The number of hydrogen-bond acceptors (Lipinski definition) is 6. The van der Waals surface area contributed by atoms with E-state index >= 15 is 0 Å². The van der Waals surface area contributed by atoms with Crippen LogP contribution in [0.2, 0.25) is 0 Å². The number of hydrogen-bond donors (Lipinski definition) is 1. The number of halogens is 1. The Bertz CT molecular complexity index is 1010. The van der Waals surface area contributed by atoms with E-state index in [2.05, 4.69) is 9.97 Å². The van der Waals surface area contributed by atoms with Gasteiger partial charge in [0.1, 0.15) is 9.32 Å². The van der Waals surface area contributed by atoms with Crippen LogP contribution in [0, 0.1) is 13.7 Å². The van der Waals surface area contributed by atoms with Crippen LogP contribution in [0.3, 0.4) is 0 Å². The van der Waals surface area contributed by atoms with E-state index < -0.39 is 4.92 Å². The Morgan fingerprint density at radius 1 is 1.14 bits per heavy atom. The van der Waals surface area contributed by atoms with Gasteiger partial charge < -0.3 is 9.72 Å². The van der Waals surface area contributed by atoms with E-state index in [1.165, 1.54) is 23.9 Å². The van der Waals surface area contributed by atoms with E-state index in [1.807, 2.05) is 52.9 Å². The molecule has 0 fully saturated rings. The molecule has 2 aromatic carbocycles. The molecule has 0 unspecified atom stereocenters. The van der Waals surface area contributed by atoms with Crippen molar-refractivity contribution in [3.63, 3.8) is 0 Å². The van der Waals surface area contributed by atoms with Crippen LogP contribution in [-0.4, -0.2) is 27.3 Å². The molecular formula is C19H16IN3O4S. The first-order valence-corrected chi connectivity index (χ1v) is 10.4. The van der Waals surface area contributed by atoms with Gasteiger partial charge in [-0.1, -0.05) is 42.1 Å². The lowest BCUT2D eigenvalue weighted by Crippen LogP contribution is -2.17. The molecule has 9 heteroatoms. The Kier molecular flexibility index (Phi) is 7.04. The number of nitrogens with one attached hydrogen (secondary N) is 1. The molecule has 0 saturated carbocycles. The number of aromatic nitrogens is 2. The molecule has 0 spiro atoms. The van der Waals surface area contributed by atoms with Gasteiger partial charge in [0.05, 0.1) is 17.2 Å². The molecule has 0 amide bonds. The van der Waals surface area contributed by atoms with Gasteiger partial charge in [-0.15, -0.1) is 0 Å². The Morgan fingerprint density at radius 3 is 2.54 bits per heavy atom.